The van der Waals surface area contributed by atoms with Crippen LogP contribution in [0.15, 0.2) is 18.2 Å². The summed E-state index contributed by atoms with van der Waals surface area (Å²) < 4.78 is 32.5. The van der Waals surface area contributed by atoms with Crippen molar-refractivity contribution in [3.05, 3.63) is 35.4 Å². The third-order valence-electron chi connectivity index (χ3n) is 3.90. The molecule has 0 spiro atoms. The number of rotatable bonds is 5. The van der Waals surface area contributed by atoms with Crippen LogP contribution >= 0.6 is 0 Å². The molecule has 1 aliphatic heterocycles. The van der Waals surface area contributed by atoms with E-state index in [0.717, 1.165) is 18.9 Å². The van der Waals surface area contributed by atoms with Crippen LogP contribution < -0.4 is 5.32 Å². The molecule has 7 heteroatoms. The van der Waals surface area contributed by atoms with E-state index >= 15 is 0 Å². The summed E-state index contributed by atoms with van der Waals surface area (Å²) in [5, 5.41) is 11.5. The molecule has 0 radical (unpaired) electrons. The summed E-state index contributed by atoms with van der Waals surface area (Å²) in [5.74, 6) is -1.87. The van der Waals surface area contributed by atoms with E-state index < -0.39 is 17.7 Å². The number of aliphatic hydroxyl groups excluding tert-OH is 1. The zero-order valence-corrected chi connectivity index (χ0v) is 13.1. The lowest BCUT2D eigenvalue weighted by Crippen LogP contribution is -2.48. The number of carbonyl (C=O) groups excluding carboxylic acids is 1. The van der Waals surface area contributed by atoms with Gasteiger partial charge in [0.2, 0.25) is 0 Å². The SMILES string of the molecule is C[C@@H](NC(=O)N1CCC[C@@H](OCCO)C1)c1cccc(F)c1F. The van der Waals surface area contributed by atoms with E-state index in [1.54, 1.807) is 11.8 Å². The van der Waals surface area contributed by atoms with Crippen molar-refractivity contribution in [3.63, 3.8) is 0 Å². The number of aliphatic hydroxyl groups is 1. The number of piperidine rings is 1. The van der Waals surface area contributed by atoms with Crippen molar-refractivity contribution < 1.29 is 23.4 Å². The molecule has 2 rings (SSSR count). The fourth-order valence-corrected chi connectivity index (χ4v) is 2.69. The molecule has 23 heavy (non-hydrogen) atoms. The quantitative estimate of drug-likeness (QED) is 0.871. The molecular formula is C16H22F2N2O3. The first-order valence-electron chi connectivity index (χ1n) is 7.74. The van der Waals surface area contributed by atoms with Gasteiger partial charge >= 0.3 is 6.03 Å². The number of nitrogens with one attached hydrogen (secondary N) is 1. The van der Waals surface area contributed by atoms with Gasteiger partial charge in [0.1, 0.15) is 0 Å². The molecule has 0 unspecified atom stereocenters. The molecule has 0 aliphatic carbocycles. The van der Waals surface area contributed by atoms with Gasteiger partial charge in [-0.05, 0) is 25.8 Å². The van der Waals surface area contributed by atoms with Gasteiger partial charge < -0.3 is 20.1 Å². The van der Waals surface area contributed by atoms with Gasteiger partial charge in [-0.15, -0.1) is 0 Å². The molecule has 1 saturated heterocycles. The Hall–Kier alpha value is -1.73. The van der Waals surface area contributed by atoms with Crippen LogP contribution in [0.1, 0.15) is 31.4 Å². The van der Waals surface area contributed by atoms with Crippen molar-refractivity contribution in [1.82, 2.24) is 10.2 Å². The Balaban J connectivity index is 1.94. The van der Waals surface area contributed by atoms with E-state index in [9.17, 15) is 13.6 Å². The number of ether oxygens (including phenoxy) is 1. The second-order valence-electron chi connectivity index (χ2n) is 5.62. The lowest BCUT2D eigenvalue weighted by molar-refractivity contribution is -0.00597. The number of halogens is 2. The van der Waals surface area contributed by atoms with Gasteiger partial charge in [-0.2, -0.15) is 0 Å². The van der Waals surface area contributed by atoms with Gasteiger partial charge in [-0.3, -0.25) is 0 Å². The Morgan fingerprint density at radius 2 is 2.30 bits per heavy atom. The van der Waals surface area contributed by atoms with Crippen molar-refractivity contribution in [1.29, 1.82) is 0 Å². The molecular weight excluding hydrogens is 306 g/mol. The molecule has 128 valence electrons. The molecule has 2 amide bonds. The highest BCUT2D eigenvalue weighted by Gasteiger charge is 2.25. The van der Waals surface area contributed by atoms with Crippen LogP contribution in [0.25, 0.3) is 0 Å². The molecule has 1 aromatic carbocycles. The monoisotopic (exact) mass is 328 g/mol. The van der Waals surface area contributed by atoms with Crippen LogP contribution in [0.4, 0.5) is 13.6 Å². The van der Waals surface area contributed by atoms with Crippen LogP contribution in [-0.2, 0) is 4.74 Å². The minimum absolute atomic E-state index is 0.0570. The zero-order valence-electron chi connectivity index (χ0n) is 13.1. The van der Waals surface area contributed by atoms with E-state index in [1.807, 2.05) is 0 Å². The lowest BCUT2D eigenvalue weighted by Gasteiger charge is -2.33. The number of amides is 2. The first kappa shape index (κ1) is 17.6. The summed E-state index contributed by atoms with van der Waals surface area (Å²) in [6.07, 6.45) is 1.52. The largest absolute Gasteiger partial charge is 0.394 e. The van der Waals surface area contributed by atoms with Gasteiger partial charge in [0.25, 0.3) is 0 Å². The molecule has 1 aliphatic rings. The lowest BCUT2D eigenvalue weighted by atomic mass is 10.1. The van der Waals surface area contributed by atoms with Gasteiger partial charge in [0.05, 0.1) is 25.4 Å². The first-order chi connectivity index (χ1) is 11.0. The minimum Gasteiger partial charge on any atom is -0.394 e. The summed E-state index contributed by atoms with van der Waals surface area (Å²) in [6, 6.07) is 2.93. The third kappa shape index (κ3) is 4.62. The maximum Gasteiger partial charge on any atom is 0.317 e. The van der Waals surface area contributed by atoms with Crippen molar-refractivity contribution in [3.8, 4) is 0 Å². The number of carbonyl (C=O) groups is 1. The molecule has 1 fully saturated rings. The number of hydrogen-bond acceptors (Lipinski definition) is 3. The molecule has 2 N–H and O–H groups in total. The van der Waals surface area contributed by atoms with Crippen LogP contribution in [0, 0.1) is 11.6 Å². The zero-order chi connectivity index (χ0) is 16.8. The van der Waals surface area contributed by atoms with Crippen LogP contribution in [-0.4, -0.2) is 48.4 Å². The predicted molar refractivity (Wildman–Crippen MR) is 80.9 cm³/mol. The van der Waals surface area contributed by atoms with Crippen LogP contribution in [0.2, 0.25) is 0 Å². The smallest absolute Gasteiger partial charge is 0.317 e. The normalized spacial score (nSPS) is 19.5. The van der Waals surface area contributed by atoms with E-state index in [0.29, 0.717) is 13.1 Å². The second kappa shape index (κ2) is 8.21. The highest BCUT2D eigenvalue weighted by molar-refractivity contribution is 5.74. The van der Waals surface area contributed by atoms with E-state index in [4.69, 9.17) is 9.84 Å². The van der Waals surface area contributed by atoms with Crippen molar-refractivity contribution in [2.75, 3.05) is 26.3 Å². The maximum absolute atomic E-state index is 13.8. The van der Waals surface area contributed by atoms with Gasteiger partial charge in [-0.25, -0.2) is 13.6 Å². The standard InChI is InChI=1S/C16H22F2N2O3/c1-11(13-5-2-6-14(17)15(13)18)19-16(22)20-7-3-4-12(10-20)23-9-8-21/h2,5-6,11-12,21H,3-4,7-10H2,1H3,(H,19,22)/t11-,12-/m1/s1. The summed E-state index contributed by atoms with van der Waals surface area (Å²) in [6.45, 7) is 2.80. The average Bonchev–Trinajstić information content (AvgIpc) is 2.55. The predicted octanol–water partition coefficient (Wildman–Crippen LogP) is 2.21. The van der Waals surface area contributed by atoms with Gasteiger partial charge in [0, 0.05) is 18.7 Å². The summed E-state index contributed by atoms with van der Waals surface area (Å²) in [7, 11) is 0. The highest BCUT2D eigenvalue weighted by atomic mass is 19.2. The average molecular weight is 328 g/mol. The second-order valence-corrected chi connectivity index (χ2v) is 5.62. The molecule has 0 bridgehead atoms. The van der Waals surface area contributed by atoms with Crippen molar-refractivity contribution in [2.45, 2.75) is 31.9 Å². The number of likely N-dealkylation sites (tertiary alicyclic amines) is 1. The third-order valence-corrected chi connectivity index (χ3v) is 3.90. The minimum atomic E-state index is -0.942. The van der Waals surface area contributed by atoms with Crippen molar-refractivity contribution >= 4 is 6.03 Å². The highest BCUT2D eigenvalue weighted by Crippen LogP contribution is 2.20. The molecule has 2 atom stereocenters. The molecule has 0 aromatic heterocycles. The number of urea groups is 1. The molecule has 1 aromatic rings. The first-order valence-corrected chi connectivity index (χ1v) is 7.74. The number of nitrogens with zero attached hydrogens (tertiary/aromatic N) is 1. The fraction of sp³-hybridized carbons (Fsp3) is 0.562. The van der Waals surface area contributed by atoms with E-state index in [-0.39, 0.29) is 30.9 Å². The van der Waals surface area contributed by atoms with Crippen LogP contribution in [0.5, 0.6) is 0 Å². The van der Waals surface area contributed by atoms with E-state index in [1.165, 1.54) is 12.1 Å². The maximum atomic E-state index is 13.8. The fourth-order valence-electron chi connectivity index (χ4n) is 2.69. The Morgan fingerprint density at radius 3 is 3.04 bits per heavy atom. The Labute approximate surface area is 134 Å². The topological polar surface area (TPSA) is 61.8 Å². The Kier molecular flexibility index (Phi) is 6.29. The van der Waals surface area contributed by atoms with Gasteiger partial charge in [-0.1, -0.05) is 12.1 Å². The summed E-state index contributed by atoms with van der Waals surface area (Å²) in [4.78, 5) is 13.9. The number of benzene rings is 1. The van der Waals surface area contributed by atoms with Crippen LogP contribution in [0.3, 0.4) is 0 Å². The Bertz CT molecular complexity index is 542. The number of hydrogen-bond donors (Lipinski definition) is 2. The molecule has 0 saturated carbocycles. The molecule has 5 nitrogen and oxygen atoms in total. The molecule has 1 heterocycles. The summed E-state index contributed by atoms with van der Waals surface area (Å²) in [5.41, 5.74) is 0.114. The Morgan fingerprint density at radius 1 is 1.52 bits per heavy atom. The van der Waals surface area contributed by atoms with E-state index in [2.05, 4.69) is 5.32 Å². The van der Waals surface area contributed by atoms with Gasteiger partial charge in [0.15, 0.2) is 11.6 Å². The summed E-state index contributed by atoms with van der Waals surface area (Å²) >= 11 is 0. The van der Waals surface area contributed by atoms with Crippen molar-refractivity contribution in [2.24, 2.45) is 0 Å².